The molecule has 0 bridgehead atoms. The summed E-state index contributed by atoms with van der Waals surface area (Å²) < 4.78 is 5.35. The van der Waals surface area contributed by atoms with Gasteiger partial charge in [-0.2, -0.15) is 0 Å². The molecule has 3 amide bonds. The molecule has 7 heteroatoms. The second-order valence-corrected chi connectivity index (χ2v) is 9.28. The molecule has 0 aliphatic heterocycles. The number of nitrogens with one attached hydrogen (secondary N) is 3. The van der Waals surface area contributed by atoms with Crippen molar-refractivity contribution in [2.45, 2.75) is 71.4 Å². The summed E-state index contributed by atoms with van der Waals surface area (Å²) in [7, 11) is 0. The van der Waals surface area contributed by atoms with E-state index in [1.54, 1.807) is 18.2 Å². The van der Waals surface area contributed by atoms with Crippen LogP contribution in [0.2, 0.25) is 0 Å². The van der Waals surface area contributed by atoms with Gasteiger partial charge in [0, 0.05) is 25.2 Å². The zero-order valence-electron chi connectivity index (χ0n) is 19.2. The third-order valence-electron chi connectivity index (χ3n) is 5.43. The number of hydrogen-bond acceptors (Lipinski definition) is 4. The van der Waals surface area contributed by atoms with E-state index in [-0.39, 0.29) is 17.7 Å². The molecule has 170 valence electrons. The van der Waals surface area contributed by atoms with E-state index >= 15 is 0 Å². The first-order chi connectivity index (χ1) is 14.5. The molecule has 0 radical (unpaired) electrons. The summed E-state index contributed by atoms with van der Waals surface area (Å²) in [6.07, 6.45) is 6.66. The Morgan fingerprint density at radius 2 is 1.84 bits per heavy atom. The third-order valence-corrected chi connectivity index (χ3v) is 5.43. The largest absolute Gasteiger partial charge is 0.444 e. The van der Waals surface area contributed by atoms with Crippen molar-refractivity contribution in [3.63, 3.8) is 0 Å². The Morgan fingerprint density at radius 3 is 2.42 bits per heavy atom. The highest BCUT2D eigenvalue weighted by molar-refractivity contribution is 5.92. The smallest absolute Gasteiger partial charge is 0.407 e. The Labute approximate surface area is 185 Å². The van der Waals surface area contributed by atoms with Crippen LogP contribution in [-0.4, -0.2) is 35.6 Å². The Morgan fingerprint density at radius 1 is 1.16 bits per heavy atom. The van der Waals surface area contributed by atoms with E-state index in [9.17, 15) is 14.4 Å². The minimum absolute atomic E-state index is 0.130. The van der Waals surface area contributed by atoms with Crippen LogP contribution < -0.4 is 16.0 Å². The van der Waals surface area contributed by atoms with E-state index in [1.165, 1.54) is 13.0 Å². The second kappa shape index (κ2) is 10.5. The van der Waals surface area contributed by atoms with Crippen molar-refractivity contribution in [3.05, 3.63) is 35.9 Å². The van der Waals surface area contributed by atoms with Gasteiger partial charge in [0.25, 0.3) is 0 Å². The maximum atomic E-state index is 12.7. The van der Waals surface area contributed by atoms with Crippen molar-refractivity contribution >= 4 is 29.7 Å². The summed E-state index contributed by atoms with van der Waals surface area (Å²) in [5.41, 5.74) is 0.474. The molecule has 31 heavy (non-hydrogen) atoms. The molecular weight excluding hydrogens is 394 g/mol. The van der Waals surface area contributed by atoms with Gasteiger partial charge in [0.2, 0.25) is 11.8 Å². The summed E-state index contributed by atoms with van der Waals surface area (Å²) in [6, 6.07) is 7.24. The predicted molar refractivity (Wildman–Crippen MR) is 123 cm³/mol. The van der Waals surface area contributed by atoms with Crippen LogP contribution in [0.5, 0.6) is 0 Å². The van der Waals surface area contributed by atoms with Crippen LogP contribution in [0.25, 0.3) is 6.08 Å². The summed E-state index contributed by atoms with van der Waals surface area (Å²) in [5.74, 6) is -0.106. The maximum Gasteiger partial charge on any atom is 0.407 e. The normalized spacial score (nSPS) is 21.4. The molecule has 7 nitrogen and oxygen atoms in total. The van der Waals surface area contributed by atoms with Crippen LogP contribution in [0.3, 0.4) is 0 Å². The summed E-state index contributed by atoms with van der Waals surface area (Å²) in [4.78, 5) is 36.0. The molecule has 0 heterocycles. The van der Waals surface area contributed by atoms with Gasteiger partial charge in [-0.1, -0.05) is 31.9 Å². The van der Waals surface area contributed by atoms with E-state index in [1.807, 2.05) is 32.9 Å². The fraction of sp³-hybridized carbons (Fsp3) is 0.542. The number of anilines is 1. The molecule has 0 spiro atoms. The quantitative estimate of drug-likeness (QED) is 0.589. The predicted octanol–water partition coefficient (Wildman–Crippen LogP) is 4.25. The summed E-state index contributed by atoms with van der Waals surface area (Å²) in [6.45, 7) is 9.36. The van der Waals surface area contributed by atoms with Gasteiger partial charge in [-0.3, -0.25) is 9.59 Å². The Kier molecular flexibility index (Phi) is 8.25. The molecule has 1 fully saturated rings. The molecular formula is C24H35N3O4. The van der Waals surface area contributed by atoms with E-state index < -0.39 is 17.2 Å². The van der Waals surface area contributed by atoms with Gasteiger partial charge in [-0.05, 0) is 63.3 Å². The number of ether oxygens (including phenoxy) is 1. The van der Waals surface area contributed by atoms with E-state index in [0.29, 0.717) is 12.2 Å². The molecule has 2 unspecified atom stereocenters. The highest BCUT2D eigenvalue weighted by Crippen LogP contribution is 2.33. The third kappa shape index (κ3) is 8.07. The van der Waals surface area contributed by atoms with Crippen LogP contribution in [0.15, 0.2) is 30.3 Å². The molecule has 2 rings (SSSR count). The van der Waals surface area contributed by atoms with Gasteiger partial charge in [0.05, 0.1) is 5.54 Å². The number of carbonyl (C=O) groups excluding carboxylic acids is 3. The number of hydrogen-bond donors (Lipinski definition) is 3. The maximum absolute atomic E-state index is 12.7. The van der Waals surface area contributed by atoms with E-state index in [4.69, 9.17) is 4.74 Å². The van der Waals surface area contributed by atoms with Crippen molar-refractivity contribution < 1.29 is 19.1 Å². The molecule has 1 aliphatic rings. The number of benzene rings is 1. The van der Waals surface area contributed by atoms with Gasteiger partial charge in [0.1, 0.15) is 5.60 Å². The molecule has 3 N–H and O–H groups in total. The Balaban J connectivity index is 2.03. The fourth-order valence-electron chi connectivity index (χ4n) is 3.79. The molecule has 0 aromatic heterocycles. The topological polar surface area (TPSA) is 96.5 Å². The fourth-order valence-corrected chi connectivity index (χ4v) is 3.79. The van der Waals surface area contributed by atoms with Crippen LogP contribution in [0.1, 0.15) is 65.9 Å². The first-order valence-corrected chi connectivity index (χ1v) is 10.8. The zero-order chi connectivity index (χ0) is 23.1. The van der Waals surface area contributed by atoms with E-state index in [0.717, 1.165) is 31.2 Å². The number of alkyl carbamates (subject to hydrolysis) is 1. The van der Waals surface area contributed by atoms with Gasteiger partial charge >= 0.3 is 6.09 Å². The minimum atomic E-state index is -0.573. The summed E-state index contributed by atoms with van der Waals surface area (Å²) >= 11 is 0. The highest BCUT2D eigenvalue weighted by Gasteiger charge is 2.39. The van der Waals surface area contributed by atoms with E-state index in [2.05, 4.69) is 22.9 Å². The lowest BCUT2D eigenvalue weighted by molar-refractivity contribution is -0.119. The van der Waals surface area contributed by atoms with Crippen LogP contribution in [-0.2, 0) is 14.3 Å². The van der Waals surface area contributed by atoms with Crippen LogP contribution >= 0.6 is 0 Å². The van der Waals surface area contributed by atoms with Crippen LogP contribution in [0.4, 0.5) is 10.5 Å². The van der Waals surface area contributed by atoms with Crippen molar-refractivity contribution in [3.8, 4) is 0 Å². The Bertz CT molecular complexity index is 811. The first-order valence-electron chi connectivity index (χ1n) is 10.8. The molecule has 1 aromatic rings. The summed E-state index contributed by atoms with van der Waals surface area (Å²) in [5, 5.41) is 8.71. The lowest BCUT2D eigenvalue weighted by atomic mass is 9.73. The van der Waals surface area contributed by atoms with Crippen molar-refractivity contribution in [2.75, 3.05) is 11.9 Å². The van der Waals surface area contributed by atoms with Crippen molar-refractivity contribution in [1.82, 2.24) is 10.6 Å². The molecule has 1 aliphatic carbocycles. The molecule has 1 aromatic carbocycles. The molecule has 1 saturated carbocycles. The average molecular weight is 430 g/mol. The molecule has 2 atom stereocenters. The number of rotatable bonds is 6. The van der Waals surface area contributed by atoms with Gasteiger partial charge in [-0.25, -0.2) is 4.79 Å². The SMILES string of the molecule is CC(=O)Nc1ccc(C=CC(=O)NC2(CNC(=O)OC(C)(C)C)CCCCC2C)cc1. The minimum Gasteiger partial charge on any atom is -0.444 e. The molecule has 0 saturated heterocycles. The number of amides is 3. The number of carbonyl (C=O) groups is 3. The monoisotopic (exact) mass is 429 g/mol. The van der Waals surface area contributed by atoms with Crippen LogP contribution in [0, 0.1) is 5.92 Å². The standard InChI is InChI=1S/C24H35N3O4/c1-17-8-6-7-15-24(17,16-25-22(30)31-23(3,4)5)27-21(29)14-11-19-9-12-20(13-10-19)26-18(2)28/h9-14,17H,6-8,15-16H2,1-5H3,(H,25,30)(H,26,28)(H,27,29). The van der Waals surface area contributed by atoms with Gasteiger partial charge in [-0.15, -0.1) is 0 Å². The van der Waals surface area contributed by atoms with Crippen molar-refractivity contribution in [2.24, 2.45) is 5.92 Å². The van der Waals surface area contributed by atoms with Gasteiger partial charge < -0.3 is 20.7 Å². The average Bonchev–Trinajstić information content (AvgIpc) is 2.66. The lowest BCUT2D eigenvalue weighted by Gasteiger charge is -2.43. The Hall–Kier alpha value is -2.83. The van der Waals surface area contributed by atoms with Gasteiger partial charge in [0.15, 0.2) is 0 Å². The second-order valence-electron chi connectivity index (χ2n) is 9.28. The first kappa shape index (κ1) is 24.4. The van der Waals surface area contributed by atoms with Crippen molar-refractivity contribution in [1.29, 1.82) is 0 Å². The highest BCUT2D eigenvalue weighted by atomic mass is 16.6. The zero-order valence-corrected chi connectivity index (χ0v) is 19.2. The lowest BCUT2D eigenvalue weighted by Crippen LogP contribution is -2.60.